The molecule has 1 aromatic carbocycles. The second kappa shape index (κ2) is 5.82. The van der Waals surface area contributed by atoms with Gasteiger partial charge < -0.3 is 11.1 Å². The average Bonchev–Trinajstić information content (AvgIpc) is 2.33. The maximum absolute atomic E-state index is 11.9. The van der Waals surface area contributed by atoms with Crippen molar-refractivity contribution in [1.29, 1.82) is 0 Å². The van der Waals surface area contributed by atoms with Crippen molar-refractivity contribution in [2.45, 2.75) is 44.2 Å². The third kappa shape index (κ3) is 3.56. The van der Waals surface area contributed by atoms with Crippen LogP contribution in [0.15, 0.2) is 30.3 Å². The van der Waals surface area contributed by atoms with Crippen LogP contribution >= 0.6 is 0 Å². The third-order valence-corrected chi connectivity index (χ3v) is 3.37. The summed E-state index contributed by atoms with van der Waals surface area (Å²) in [5, 5.41) is 3.05. The number of hydrogen-bond donors (Lipinski definition) is 2. The minimum atomic E-state index is 0.0820. The Hall–Kier alpha value is -1.35. The molecule has 0 bridgehead atoms. The van der Waals surface area contributed by atoms with Crippen LogP contribution in [-0.4, -0.2) is 18.0 Å². The smallest absolute Gasteiger partial charge is 0.224 e. The van der Waals surface area contributed by atoms with Crippen molar-refractivity contribution in [3.05, 3.63) is 35.9 Å². The lowest BCUT2D eigenvalue weighted by molar-refractivity contribution is -0.121. The summed E-state index contributed by atoms with van der Waals surface area (Å²) in [7, 11) is 0. The molecule has 0 heterocycles. The number of nitrogens with two attached hydrogens (primary N) is 1. The van der Waals surface area contributed by atoms with Crippen molar-refractivity contribution in [3.63, 3.8) is 0 Å². The predicted molar refractivity (Wildman–Crippen MR) is 68.5 cm³/mol. The molecule has 0 radical (unpaired) electrons. The van der Waals surface area contributed by atoms with Gasteiger partial charge >= 0.3 is 0 Å². The van der Waals surface area contributed by atoms with Gasteiger partial charge in [-0.05, 0) is 18.4 Å². The van der Waals surface area contributed by atoms with Gasteiger partial charge in [0.25, 0.3) is 0 Å². The summed E-state index contributed by atoms with van der Waals surface area (Å²) >= 11 is 0. The average molecular weight is 232 g/mol. The molecule has 0 spiro atoms. The molecule has 3 heteroatoms. The van der Waals surface area contributed by atoms with E-state index in [2.05, 4.69) is 5.32 Å². The maximum atomic E-state index is 11.9. The predicted octanol–water partition coefficient (Wildman–Crippen LogP) is 1.62. The van der Waals surface area contributed by atoms with Gasteiger partial charge in [-0.3, -0.25) is 4.79 Å². The highest BCUT2D eigenvalue weighted by molar-refractivity contribution is 5.78. The Morgan fingerprint density at radius 1 is 1.24 bits per heavy atom. The van der Waals surface area contributed by atoms with Gasteiger partial charge in [0, 0.05) is 12.1 Å². The summed E-state index contributed by atoms with van der Waals surface area (Å²) in [6, 6.07) is 10.1. The number of rotatable bonds is 3. The first-order valence-corrected chi connectivity index (χ1v) is 6.34. The second-order valence-electron chi connectivity index (χ2n) is 4.78. The van der Waals surface area contributed by atoms with E-state index in [1.54, 1.807) is 0 Å². The first-order valence-electron chi connectivity index (χ1n) is 6.34. The Bertz CT molecular complexity index is 364. The van der Waals surface area contributed by atoms with E-state index in [1.165, 1.54) is 12.8 Å². The standard InChI is InChI=1S/C14H20N2O/c15-12-8-4-5-9-13(12)16-14(17)10-11-6-2-1-3-7-11/h1-3,6-7,12-13H,4-5,8-10,15H2,(H,16,17). The van der Waals surface area contributed by atoms with E-state index < -0.39 is 0 Å². The van der Waals surface area contributed by atoms with Gasteiger partial charge in [-0.15, -0.1) is 0 Å². The fraction of sp³-hybridized carbons (Fsp3) is 0.500. The highest BCUT2D eigenvalue weighted by atomic mass is 16.1. The van der Waals surface area contributed by atoms with Crippen LogP contribution < -0.4 is 11.1 Å². The van der Waals surface area contributed by atoms with E-state index in [9.17, 15) is 4.79 Å². The monoisotopic (exact) mass is 232 g/mol. The van der Waals surface area contributed by atoms with Crippen LogP contribution in [0.5, 0.6) is 0 Å². The first-order chi connectivity index (χ1) is 8.25. The van der Waals surface area contributed by atoms with E-state index in [0.717, 1.165) is 18.4 Å². The highest BCUT2D eigenvalue weighted by Gasteiger charge is 2.22. The summed E-state index contributed by atoms with van der Waals surface area (Å²) in [5.74, 6) is 0.0820. The number of carbonyl (C=O) groups is 1. The van der Waals surface area contributed by atoms with Crippen molar-refractivity contribution in [3.8, 4) is 0 Å². The first kappa shape index (κ1) is 12.1. The lowest BCUT2D eigenvalue weighted by Gasteiger charge is -2.29. The fourth-order valence-electron chi connectivity index (χ4n) is 2.38. The number of hydrogen-bond acceptors (Lipinski definition) is 2. The summed E-state index contributed by atoms with van der Waals surface area (Å²) in [6.07, 6.45) is 4.85. The van der Waals surface area contributed by atoms with Gasteiger partial charge in [0.2, 0.25) is 5.91 Å². The van der Waals surface area contributed by atoms with Crippen LogP contribution in [0.4, 0.5) is 0 Å². The largest absolute Gasteiger partial charge is 0.352 e. The molecule has 1 aliphatic carbocycles. The summed E-state index contributed by atoms with van der Waals surface area (Å²) in [5.41, 5.74) is 7.06. The van der Waals surface area contributed by atoms with Crippen LogP contribution in [0.3, 0.4) is 0 Å². The maximum Gasteiger partial charge on any atom is 0.224 e. The Morgan fingerprint density at radius 3 is 2.65 bits per heavy atom. The van der Waals surface area contributed by atoms with Gasteiger partial charge in [0.15, 0.2) is 0 Å². The molecule has 2 unspecified atom stereocenters. The topological polar surface area (TPSA) is 55.1 Å². The molecule has 92 valence electrons. The number of benzene rings is 1. The van der Waals surface area contributed by atoms with Crippen LogP contribution in [0.2, 0.25) is 0 Å². The lowest BCUT2D eigenvalue weighted by Crippen LogP contribution is -2.49. The molecule has 17 heavy (non-hydrogen) atoms. The van der Waals surface area contributed by atoms with Crippen LogP contribution in [0.25, 0.3) is 0 Å². The van der Waals surface area contributed by atoms with Crippen LogP contribution in [-0.2, 0) is 11.2 Å². The molecule has 1 aliphatic rings. The van der Waals surface area contributed by atoms with E-state index in [0.29, 0.717) is 6.42 Å². The molecule has 1 aromatic rings. The molecular weight excluding hydrogens is 212 g/mol. The lowest BCUT2D eigenvalue weighted by atomic mass is 9.91. The zero-order valence-electron chi connectivity index (χ0n) is 10.1. The van der Waals surface area contributed by atoms with Crippen molar-refractivity contribution < 1.29 is 4.79 Å². The molecule has 0 aliphatic heterocycles. The summed E-state index contributed by atoms with van der Waals surface area (Å²) in [6.45, 7) is 0. The molecule has 3 nitrogen and oxygen atoms in total. The SMILES string of the molecule is NC1CCCCC1NC(=O)Cc1ccccc1. The Kier molecular flexibility index (Phi) is 4.15. The Morgan fingerprint density at radius 2 is 1.94 bits per heavy atom. The molecule has 2 rings (SSSR count). The van der Waals surface area contributed by atoms with Crippen LogP contribution in [0.1, 0.15) is 31.2 Å². The number of carbonyl (C=O) groups excluding carboxylic acids is 1. The van der Waals surface area contributed by atoms with Gasteiger partial charge in [-0.25, -0.2) is 0 Å². The normalized spacial score (nSPS) is 24.3. The molecule has 2 atom stereocenters. The molecule has 0 aromatic heterocycles. The molecule has 3 N–H and O–H groups in total. The summed E-state index contributed by atoms with van der Waals surface area (Å²) in [4.78, 5) is 11.9. The van der Waals surface area contributed by atoms with Gasteiger partial charge in [0.05, 0.1) is 6.42 Å². The van der Waals surface area contributed by atoms with E-state index in [1.807, 2.05) is 30.3 Å². The van der Waals surface area contributed by atoms with E-state index >= 15 is 0 Å². The van der Waals surface area contributed by atoms with Gasteiger partial charge in [-0.1, -0.05) is 43.2 Å². The number of nitrogens with one attached hydrogen (secondary N) is 1. The molecule has 1 fully saturated rings. The van der Waals surface area contributed by atoms with Crippen molar-refractivity contribution in [1.82, 2.24) is 5.32 Å². The Balaban J connectivity index is 1.84. The summed E-state index contributed by atoms with van der Waals surface area (Å²) < 4.78 is 0. The second-order valence-corrected chi connectivity index (χ2v) is 4.78. The Labute approximate surface area is 102 Å². The minimum Gasteiger partial charge on any atom is -0.352 e. The van der Waals surface area contributed by atoms with Gasteiger partial charge in [0.1, 0.15) is 0 Å². The molecule has 1 amide bonds. The van der Waals surface area contributed by atoms with Crippen molar-refractivity contribution >= 4 is 5.91 Å². The molecule has 0 saturated heterocycles. The van der Waals surface area contributed by atoms with E-state index in [4.69, 9.17) is 5.73 Å². The zero-order valence-corrected chi connectivity index (χ0v) is 10.1. The molecule has 1 saturated carbocycles. The fourth-order valence-corrected chi connectivity index (χ4v) is 2.38. The highest BCUT2D eigenvalue weighted by Crippen LogP contribution is 2.16. The zero-order chi connectivity index (χ0) is 12.1. The van der Waals surface area contributed by atoms with Crippen molar-refractivity contribution in [2.75, 3.05) is 0 Å². The molecular formula is C14H20N2O. The number of amides is 1. The quantitative estimate of drug-likeness (QED) is 0.832. The minimum absolute atomic E-state index is 0.0820. The van der Waals surface area contributed by atoms with Crippen LogP contribution in [0, 0.1) is 0 Å². The van der Waals surface area contributed by atoms with Crippen molar-refractivity contribution in [2.24, 2.45) is 5.73 Å². The van der Waals surface area contributed by atoms with E-state index in [-0.39, 0.29) is 18.0 Å². The third-order valence-electron chi connectivity index (χ3n) is 3.37. The van der Waals surface area contributed by atoms with Gasteiger partial charge in [-0.2, -0.15) is 0 Å².